The SMILES string of the molecule is CCc1nc2sc3c(c2c2nnc(SCC(=O)Nc4cccc(OC)c4)n12)CC[C@@H](C)C3. The number of anilines is 1. The smallest absolute Gasteiger partial charge is 0.234 e. The standard InChI is InChI=1S/C23H25N5O2S2/c1-4-18-25-22-20(16-9-8-13(2)10-17(16)32-22)21-26-27-23(28(18)21)31-12-19(29)24-14-6-5-7-15(11-14)30-3/h5-7,11,13H,4,8-10,12H2,1-3H3,(H,24,29)/t13-/m1/s1. The summed E-state index contributed by atoms with van der Waals surface area (Å²) in [6, 6.07) is 7.33. The molecule has 0 saturated carbocycles. The summed E-state index contributed by atoms with van der Waals surface area (Å²) in [5, 5.41) is 13.8. The van der Waals surface area contributed by atoms with Crippen molar-refractivity contribution < 1.29 is 9.53 Å². The molecule has 1 aromatic carbocycles. The van der Waals surface area contributed by atoms with E-state index in [1.54, 1.807) is 24.5 Å². The molecular weight excluding hydrogens is 442 g/mol. The van der Waals surface area contributed by atoms with E-state index in [0.717, 1.165) is 41.0 Å². The van der Waals surface area contributed by atoms with Crippen LogP contribution in [0.4, 0.5) is 5.69 Å². The van der Waals surface area contributed by atoms with Crippen LogP contribution < -0.4 is 10.1 Å². The second kappa shape index (κ2) is 8.71. The van der Waals surface area contributed by atoms with E-state index in [0.29, 0.717) is 22.5 Å². The highest BCUT2D eigenvalue weighted by Crippen LogP contribution is 2.39. The van der Waals surface area contributed by atoms with Crippen molar-refractivity contribution in [3.8, 4) is 5.75 Å². The van der Waals surface area contributed by atoms with Crippen molar-refractivity contribution in [3.63, 3.8) is 0 Å². The summed E-state index contributed by atoms with van der Waals surface area (Å²) in [5.74, 6) is 2.48. The Kier molecular flexibility index (Phi) is 5.77. The third kappa shape index (κ3) is 3.84. The van der Waals surface area contributed by atoms with Crippen LogP contribution in [0.2, 0.25) is 0 Å². The normalized spacial score (nSPS) is 15.8. The van der Waals surface area contributed by atoms with Gasteiger partial charge in [0.1, 0.15) is 16.4 Å². The summed E-state index contributed by atoms with van der Waals surface area (Å²) in [5.41, 5.74) is 2.97. The number of rotatable bonds is 6. The van der Waals surface area contributed by atoms with E-state index >= 15 is 0 Å². The van der Waals surface area contributed by atoms with Gasteiger partial charge in [-0.25, -0.2) is 4.98 Å². The first-order valence-corrected chi connectivity index (χ1v) is 12.6. The van der Waals surface area contributed by atoms with Gasteiger partial charge in [-0.15, -0.1) is 21.5 Å². The Morgan fingerprint density at radius 3 is 3.06 bits per heavy atom. The number of nitrogens with zero attached hydrogens (tertiary/aromatic N) is 4. The zero-order valence-electron chi connectivity index (χ0n) is 18.3. The predicted octanol–water partition coefficient (Wildman–Crippen LogP) is 4.77. The van der Waals surface area contributed by atoms with Gasteiger partial charge in [0, 0.05) is 23.1 Å². The maximum Gasteiger partial charge on any atom is 0.234 e. The molecule has 1 aliphatic rings. The fourth-order valence-electron chi connectivity index (χ4n) is 4.24. The maximum absolute atomic E-state index is 12.5. The second-order valence-corrected chi connectivity index (χ2v) is 10.2. The lowest BCUT2D eigenvalue weighted by atomic mass is 9.89. The van der Waals surface area contributed by atoms with Crippen LogP contribution >= 0.6 is 23.1 Å². The number of ether oxygens (including phenoxy) is 1. The van der Waals surface area contributed by atoms with Gasteiger partial charge in [-0.1, -0.05) is 31.7 Å². The average Bonchev–Trinajstić information content (AvgIpc) is 3.37. The van der Waals surface area contributed by atoms with Crippen molar-refractivity contribution in [3.05, 3.63) is 40.5 Å². The third-order valence-corrected chi connectivity index (χ3v) is 7.92. The molecule has 0 spiro atoms. The second-order valence-electron chi connectivity index (χ2n) is 8.12. The van der Waals surface area contributed by atoms with Gasteiger partial charge in [0.15, 0.2) is 10.8 Å². The molecule has 0 saturated heterocycles. The van der Waals surface area contributed by atoms with Crippen LogP contribution in [0.1, 0.15) is 36.5 Å². The molecule has 0 unspecified atom stereocenters. The highest BCUT2D eigenvalue weighted by atomic mass is 32.2. The zero-order chi connectivity index (χ0) is 22.2. The molecule has 0 radical (unpaired) electrons. The van der Waals surface area contributed by atoms with E-state index in [4.69, 9.17) is 9.72 Å². The number of amides is 1. The first kappa shape index (κ1) is 21.2. The Bertz CT molecular complexity index is 1310. The fraction of sp³-hybridized carbons (Fsp3) is 0.391. The minimum absolute atomic E-state index is 0.103. The van der Waals surface area contributed by atoms with Gasteiger partial charge in [-0.05, 0) is 42.9 Å². The molecule has 4 aromatic rings. The van der Waals surface area contributed by atoms with Crippen molar-refractivity contribution in [1.82, 2.24) is 19.6 Å². The molecule has 0 fully saturated rings. The first-order chi connectivity index (χ1) is 15.6. The number of fused-ring (bicyclic) bond motifs is 5. The van der Waals surface area contributed by atoms with E-state index in [1.165, 1.54) is 28.6 Å². The van der Waals surface area contributed by atoms with Crippen LogP contribution in [0, 0.1) is 5.92 Å². The number of carbonyl (C=O) groups excluding carboxylic acids is 1. The predicted molar refractivity (Wildman–Crippen MR) is 129 cm³/mol. The number of carbonyl (C=O) groups is 1. The van der Waals surface area contributed by atoms with Crippen molar-refractivity contribution in [2.75, 3.05) is 18.2 Å². The first-order valence-electron chi connectivity index (χ1n) is 10.8. The molecule has 3 heterocycles. The summed E-state index contributed by atoms with van der Waals surface area (Å²) in [6.07, 6.45) is 4.15. The Hall–Kier alpha value is -2.65. The monoisotopic (exact) mass is 467 g/mol. The maximum atomic E-state index is 12.5. The molecule has 0 bridgehead atoms. The Morgan fingerprint density at radius 1 is 1.38 bits per heavy atom. The summed E-state index contributed by atoms with van der Waals surface area (Å²) in [6.45, 7) is 4.41. The zero-order valence-corrected chi connectivity index (χ0v) is 20.0. The van der Waals surface area contributed by atoms with Crippen molar-refractivity contribution >= 4 is 50.6 Å². The lowest BCUT2D eigenvalue weighted by Gasteiger charge is -2.17. The molecule has 9 heteroatoms. The van der Waals surface area contributed by atoms with E-state index in [9.17, 15) is 4.79 Å². The van der Waals surface area contributed by atoms with Crippen molar-refractivity contribution in [2.24, 2.45) is 5.92 Å². The van der Waals surface area contributed by atoms with Crippen LogP contribution in [-0.2, 0) is 24.1 Å². The topological polar surface area (TPSA) is 81.4 Å². The third-order valence-electron chi connectivity index (χ3n) is 5.84. The lowest BCUT2D eigenvalue weighted by Crippen LogP contribution is -2.14. The quantitative estimate of drug-likeness (QED) is 0.412. The molecule has 1 amide bonds. The lowest BCUT2D eigenvalue weighted by molar-refractivity contribution is -0.113. The highest BCUT2D eigenvalue weighted by Gasteiger charge is 2.25. The van der Waals surface area contributed by atoms with Gasteiger partial charge in [0.25, 0.3) is 0 Å². The number of hydrogen-bond acceptors (Lipinski definition) is 7. The van der Waals surface area contributed by atoms with Crippen LogP contribution in [0.15, 0.2) is 29.4 Å². The summed E-state index contributed by atoms with van der Waals surface area (Å²) in [4.78, 5) is 20.0. The molecule has 166 valence electrons. The van der Waals surface area contributed by atoms with Crippen molar-refractivity contribution in [1.29, 1.82) is 0 Å². The molecule has 32 heavy (non-hydrogen) atoms. The minimum Gasteiger partial charge on any atom is -0.497 e. The van der Waals surface area contributed by atoms with Gasteiger partial charge in [0.05, 0.1) is 18.2 Å². The van der Waals surface area contributed by atoms with E-state index in [-0.39, 0.29) is 11.7 Å². The summed E-state index contributed by atoms with van der Waals surface area (Å²) < 4.78 is 7.26. The molecule has 7 nitrogen and oxygen atoms in total. The summed E-state index contributed by atoms with van der Waals surface area (Å²) in [7, 11) is 1.61. The number of hydrogen-bond donors (Lipinski definition) is 1. The number of aromatic nitrogens is 4. The van der Waals surface area contributed by atoms with E-state index in [1.807, 2.05) is 22.6 Å². The molecule has 1 aliphatic carbocycles. The van der Waals surface area contributed by atoms with Crippen LogP contribution in [0.3, 0.4) is 0 Å². The van der Waals surface area contributed by atoms with Crippen LogP contribution in [0.25, 0.3) is 15.9 Å². The Balaban J connectivity index is 1.43. The number of benzene rings is 1. The van der Waals surface area contributed by atoms with Crippen LogP contribution in [-0.4, -0.2) is 38.4 Å². The highest BCUT2D eigenvalue weighted by molar-refractivity contribution is 7.99. The Labute approximate surface area is 194 Å². The molecule has 0 aliphatic heterocycles. The number of aryl methyl sites for hydroxylation is 2. The van der Waals surface area contributed by atoms with Gasteiger partial charge in [0.2, 0.25) is 5.91 Å². The minimum atomic E-state index is -0.103. The average molecular weight is 468 g/mol. The van der Waals surface area contributed by atoms with Crippen molar-refractivity contribution in [2.45, 2.75) is 44.7 Å². The fourth-order valence-corrected chi connectivity index (χ4v) is 6.38. The number of thioether (sulfide) groups is 1. The Morgan fingerprint density at radius 2 is 2.25 bits per heavy atom. The summed E-state index contributed by atoms with van der Waals surface area (Å²) >= 11 is 3.19. The molecule has 5 rings (SSSR count). The molecular formula is C23H25N5O2S2. The van der Waals surface area contributed by atoms with Gasteiger partial charge in [-0.3, -0.25) is 9.20 Å². The number of thiophene rings is 1. The largest absolute Gasteiger partial charge is 0.497 e. The van der Waals surface area contributed by atoms with E-state index < -0.39 is 0 Å². The van der Waals surface area contributed by atoms with E-state index in [2.05, 4.69) is 29.4 Å². The molecule has 1 atom stereocenters. The van der Waals surface area contributed by atoms with Gasteiger partial charge < -0.3 is 10.1 Å². The van der Waals surface area contributed by atoms with Crippen LogP contribution in [0.5, 0.6) is 5.75 Å². The molecule has 3 aromatic heterocycles. The number of methoxy groups -OCH3 is 1. The molecule has 1 N–H and O–H groups in total. The van der Waals surface area contributed by atoms with Gasteiger partial charge in [-0.2, -0.15) is 0 Å². The van der Waals surface area contributed by atoms with Gasteiger partial charge >= 0.3 is 0 Å². The number of nitrogens with one attached hydrogen (secondary N) is 1.